The normalized spacial score (nSPS) is 10.9. The average Bonchev–Trinajstić information content (AvgIpc) is 2.73. The molecule has 0 aliphatic carbocycles. The zero-order chi connectivity index (χ0) is 12.3. The van der Waals surface area contributed by atoms with Crippen LogP contribution in [-0.4, -0.2) is 18.5 Å². The Morgan fingerprint density at radius 2 is 1.82 bits per heavy atom. The molecule has 0 radical (unpaired) electrons. The quantitative estimate of drug-likeness (QED) is 0.415. The summed E-state index contributed by atoms with van der Waals surface area (Å²) in [7, 11) is 0. The molecular weight excluding hydrogens is 320 g/mol. The van der Waals surface area contributed by atoms with E-state index in [-0.39, 0.29) is 0 Å². The van der Waals surface area contributed by atoms with E-state index in [2.05, 4.69) is 22.0 Å². The van der Waals surface area contributed by atoms with Crippen molar-refractivity contribution < 1.29 is 4.74 Å². The van der Waals surface area contributed by atoms with Crippen LogP contribution in [0.25, 0.3) is 0 Å². The molecule has 0 fully saturated rings. The average molecular weight is 340 g/mol. The Kier molecular flexibility index (Phi) is 9.44. The van der Waals surface area contributed by atoms with Crippen LogP contribution in [0.3, 0.4) is 0 Å². The van der Waals surface area contributed by atoms with Gasteiger partial charge in [0.15, 0.2) is 0 Å². The number of ether oxygens (including phenoxy) is 1. The third-order valence-corrected chi connectivity index (χ3v) is 4.36. The van der Waals surface area contributed by atoms with Crippen molar-refractivity contribution in [1.82, 2.24) is 0 Å². The van der Waals surface area contributed by atoms with E-state index in [0.717, 1.165) is 35.7 Å². The maximum Gasteiger partial charge on any atom is 0.0931 e. The molecule has 1 heterocycles. The third-order valence-electron chi connectivity index (χ3n) is 2.51. The van der Waals surface area contributed by atoms with Gasteiger partial charge in [-0.15, -0.1) is 11.3 Å². The Balaban J connectivity index is 1.84. The summed E-state index contributed by atoms with van der Waals surface area (Å²) >= 11 is 11.0. The molecule has 0 N–H and O–H groups in total. The van der Waals surface area contributed by atoms with Gasteiger partial charge in [0.1, 0.15) is 0 Å². The van der Waals surface area contributed by atoms with Crippen molar-refractivity contribution in [2.75, 3.05) is 18.5 Å². The van der Waals surface area contributed by atoms with Crippen molar-refractivity contribution in [3.05, 3.63) is 21.3 Å². The van der Waals surface area contributed by atoms with E-state index in [0.29, 0.717) is 0 Å². The summed E-state index contributed by atoms with van der Waals surface area (Å²) in [4.78, 5) is 1.36. The Morgan fingerprint density at radius 3 is 2.53 bits per heavy atom. The first-order valence-electron chi connectivity index (χ1n) is 6.21. The molecule has 1 nitrogen and oxygen atoms in total. The van der Waals surface area contributed by atoms with Crippen molar-refractivity contribution in [1.29, 1.82) is 0 Å². The Hall–Kier alpha value is 0.430. The van der Waals surface area contributed by atoms with Crippen LogP contribution in [0.1, 0.15) is 37.0 Å². The second-order valence-corrected chi connectivity index (χ2v) is 6.62. The predicted molar refractivity (Wildman–Crippen MR) is 80.7 cm³/mol. The van der Waals surface area contributed by atoms with Crippen LogP contribution in [0.4, 0.5) is 0 Å². The molecule has 1 aromatic heterocycles. The van der Waals surface area contributed by atoms with E-state index in [1.807, 2.05) is 6.07 Å². The van der Waals surface area contributed by atoms with Crippen LogP contribution in [-0.2, 0) is 11.2 Å². The summed E-state index contributed by atoms with van der Waals surface area (Å²) in [6.45, 7) is 1.78. The van der Waals surface area contributed by atoms with Gasteiger partial charge in [-0.1, -0.05) is 40.4 Å². The topological polar surface area (TPSA) is 9.23 Å². The second kappa shape index (κ2) is 10.4. The highest BCUT2D eigenvalue weighted by atomic mass is 79.9. The van der Waals surface area contributed by atoms with Crippen LogP contribution in [0, 0.1) is 0 Å². The lowest BCUT2D eigenvalue weighted by molar-refractivity contribution is 0.128. The van der Waals surface area contributed by atoms with Crippen LogP contribution in [0.5, 0.6) is 0 Å². The molecule has 0 spiro atoms. The Morgan fingerprint density at radius 1 is 1.06 bits per heavy atom. The molecule has 98 valence electrons. The summed E-state index contributed by atoms with van der Waals surface area (Å²) in [5.41, 5.74) is 0. The number of thiophene rings is 1. The standard InChI is InChI=1S/C13H20BrClOS/c14-9-3-1-2-4-10-16-11-5-6-12-7-8-13(15)17-12/h7-8H,1-6,9-11H2. The molecule has 0 unspecified atom stereocenters. The summed E-state index contributed by atoms with van der Waals surface area (Å²) < 4.78 is 6.48. The molecule has 0 aliphatic heterocycles. The maximum absolute atomic E-state index is 5.87. The second-order valence-electron chi connectivity index (χ2n) is 4.02. The van der Waals surface area contributed by atoms with E-state index < -0.39 is 0 Å². The van der Waals surface area contributed by atoms with Gasteiger partial charge in [-0.3, -0.25) is 0 Å². The van der Waals surface area contributed by atoms with Gasteiger partial charge in [-0.2, -0.15) is 0 Å². The molecule has 1 aromatic rings. The third kappa shape index (κ3) is 8.20. The molecule has 0 aromatic carbocycles. The molecule has 0 atom stereocenters. The lowest BCUT2D eigenvalue weighted by Crippen LogP contribution is -1.98. The highest BCUT2D eigenvalue weighted by molar-refractivity contribution is 9.09. The van der Waals surface area contributed by atoms with Crippen LogP contribution in [0.2, 0.25) is 4.34 Å². The van der Waals surface area contributed by atoms with E-state index in [1.165, 1.54) is 30.6 Å². The van der Waals surface area contributed by atoms with Crippen molar-refractivity contribution in [3.63, 3.8) is 0 Å². The van der Waals surface area contributed by atoms with E-state index in [4.69, 9.17) is 16.3 Å². The first kappa shape index (κ1) is 15.5. The summed E-state index contributed by atoms with van der Waals surface area (Å²) in [6.07, 6.45) is 7.24. The van der Waals surface area contributed by atoms with Crippen molar-refractivity contribution in [2.45, 2.75) is 38.5 Å². The van der Waals surface area contributed by atoms with Gasteiger partial charge >= 0.3 is 0 Å². The minimum atomic E-state index is 0.869. The molecule has 0 saturated carbocycles. The number of rotatable bonds is 10. The fraction of sp³-hybridized carbons (Fsp3) is 0.692. The Bertz CT molecular complexity index is 291. The number of alkyl halides is 1. The molecule has 0 aliphatic rings. The lowest BCUT2D eigenvalue weighted by Gasteiger charge is -2.03. The number of aryl methyl sites for hydroxylation is 1. The van der Waals surface area contributed by atoms with E-state index in [1.54, 1.807) is 11.3 Å². The first-order chi connectivity index (χ1) is 8.33. The van der Waals surface area contributed by atoms with Crippen LogP contribution in [0.15, 0.2) is 12.1 Å². The highest BCUT2D eigenvalue weighted by Crippen LogP contribution is 2.22. The molecule has 0 amide bonds. The molecule has 0 saturated heterocycles. The smallest absolute Gasteiger partial charge is 0.0931 e. The van der Waals surface area contributed by atoms with Crippen molar-refractivity contribution in [2.24, 2.45) is 0 Å². The maximum atomic E-state index is 5.87. The van der Waals surface area contributed by atoms with Gasteiger partial charge in [0, 0.05) is 23.4 Å². The Labute approximate surface area is 122 Å². The predicted octanol–water partition coefficient (Wildman–Crippen LogP) is 5.31. The van der Waals surface area contributed by atoms with Gasteiger partial charge in [-0.25, -0.2) is 0 Å². The van der Waals surface area contributed by atoms with Gasteiger partial charge in [0.25, 0.3) is 0 Å². The fourth-order valence-corrected chi connectivity index (χ4v) is 3.11. The zero-order valence-corrected chi connectivity index (χ0v) is 13.2. The van der Waals surface area contributed by atoms with Crippen LogP contribution < -0.4 is 0 Å². The van der Waals surface area contributed by atoms with Gasteiger partial charge in [0.2, 0.25) is 0 Å². The number of halogens is 2. The minimum absolute atomic E-state index is 0.869. The largest absolute Gasteiger partial charge is 0.381 e. The van der Waals surface area contributed by atoms with Crippen molar-refractivity contribution in [3.8, 4) is 0 Å². The molecular formula is C13H20BrClOS. The first-order valence-corrected chi connectivity index (χ1v) is 8.52. The lowest BCUT2D eigenvalue weighted by atomic mass is 10.2. The zero-order valence-electron chi connectivity index (χ0n) is 10.1. The summed E-state index contributed by atoms with van der Waals surface area (Å²) in [5, 5.41) is 1.12. The number of unbranched alkanes of at least 4 members (excludes halogenated alkanes) is 3. The molecule has 1 rings (SSSR count). The summed E-state index contributed by atoms with van der Waals surface area (Å²) in [5.74, 6) is 0. The molecule has 4 heteroatoms. The number of hydrogen-bond acceptors (Lipinski definition) is 2. The summed E-state index contributed by atoms with van der Waals surface area (Å²) in [6, 6.07) is 4.07. The monoisotopic (exact) mass is 338 g/mol. The van der Waals surface area contributed by atoms with Gasteiger partial charge < -0.3 is 4.74 Å². The highest BCUT2D eigenvalue weighted by Gasteiger charge is 1.97. The molecule has 17 heavy (non-hydrogen) atoms. The number of hydrogen-bond donors (Lipinski definition) is 0. The fourth-order valence-electron chi connectivity index (χ4n) is 1.59. The van der Waals surface area contributed by atoms with Crippen LogP contribution >= 0.6 is 38.9 Å². The minimum Gasteiger partial charge on any atom is -0.381 e. The SMILES string of the molecule is Clc1ccc(CCCOCCCCCCBr)s1. The van der Waals surface area contributed by atoms with E-state index in [9.17, 15) is 0 Å². The van der Waals surface area contributed by atoms with Gasteiger partial charge in [-0.05, 0) is 37.8 Å². The van der Waals surface area contributed by atoms with Crippen molar-refractivity contribution >= 4 is 38.9 Å². The van der Waals surface area contributed by atoms with E-state index >= 15 is 0 Å². The molecule has 0 bridgehead atoms. The van der Waals surface area contributed by atoms with Gasteiger partial charge in [0.05, 0.1) is 4.34 Å².